The topological polar surface area (TPSA) is 199 Å². The standard InChI is InChI=1S/C56H85NO17S/c1-46-7-11-48(12-8-46)13-14-51(45-75(61,62)52-19-9-47(2)10-20-52)54(59)49-15-17-50(18-16-49)55(60)57(22-21-53(58)74-56(3,4)5)23-24-64-27-28-66-31-32-68-35-36-70-39-40-72-43-44-73-42-41-71-38-37-69-34-33-67-30-29-65-26-25-63-6/h7-12,15-20,51H,13-14,21-45H2,1-6H3. The van der Waals surface area contributed by atoms with Crippen molar-refractivity contribution in [3.05, 3.63) is 101 Å². The van der Waals surface area contributed by atoms with Crippen LogP contribution in [0.25, 0.3) is 0 Å². The SMILES string of the molecule is COCCOCCOCCOCCOCCOCCOCCOCCOCCOCCOCCN(CCC(=O)OC(C)(C)C)C(=O)c1ccc(C(=O)C(CCc2ccc(C)cc2)CS(=O)(=O)c2ccc(C)cc2)cc1. The molecular formula is C56H85NO17S. The maximum Gasteiger partial charge on any atom is 0.308 e. The van der Waals surface area contributed by atoms with Gasteiger partial charge in [-0.25, -0.2) is 8.42 Å². The third kappa shape index (κ3) is 30.9. The first-order chi connectivity index (χ1) is 36.2. The number of sulfone groups is 1. The van der Waals surface area contributed by atoms with Crippen molar-refractivity contribution in [1.29, 1.82) is 0 Å². The number of ether oxygens (including phenoxy) is 12. The molecule has 0 saturated heterocycles. The molecule has 3 aromatic carbocycles. The van der Waals surface area contributed by atoms with Crippen molar-refractivity contribution in [2.75, 3.05) is 165 Å². The van der Waals surface area contributed by atoms with Gasteiger partial charge in [0.2, 0.25) is 0 Å². The second kappa shape index (κ2) is 39.2. The van der Waals surface area contributed by atoms with Crippen molar-refractivity contribution in [3.63, 3.8) is 0 Å². The van der Waals surface area contributed by atoms with Gasteiger partial charge in [-0.1, -0.05) is 59.7 Å². The first-order valence-corrected chi connectivity index (χ1v) is 27.6. The normalized spacial score (nSPS) is 12.2. The lowest BCUT2D eigenvalue weighted by Crippen LogP contribution is -2.37. The average Bonchev–Trinajstić information content (AvgIpc) is 3.38. The molecule has 0 fully saturated rings. The van der Waals surface area contributed by atoms with Gasteiger partial charge in [0.05, 0.1) is 156 Å². The zero-order chi connectivity index (χ0) is 54.4. The van der Waals surface area contributed by atoms with Crippen LogP contribution in [0.3, 0.4) is 0 Å². The van der Waals surface area contributed by atoms with Gasteiger partial charge in [-0.3, -0.25) is 14.4 Å². The van der Waals surface area contributed by atoms with Crippen molar-refractivity contribution in [3.8, 4) is 0 Å². The number of rotatable bonds is 45. The molecule has 1 amide bonds. The van der Waals surface area contributed by atoms with Gasteiger partial charge in [0.1, 0.15) is 5.60 Å². The zero-order valence-corrected chi connectivity index (χ0v) is 46.2. The predicted octanol–water partition coefficient (Wildman–Crippen LogP) is 6.20. The number of benzene rings is 3. The van der Waals surface area contributed by atoms with Crippen molar-refractivity contribution in [2.24, 2.45) is 5.92 Å². The molecule has 0 saturated carbocycles. The molecule has 0 N–H and O–H groups in total. The third-order valence-electron chi connectivity index (χ3n) is 11.1. The van der Waals surface area contributed by atoms with Gasteiger partial charge < -0.3 is 61.7 Å². The van der Waals surface area contributed by atoms with Crippen LogP contribution >= 0.6 is 0 Å². The van der Waals surface area contributed by atoms with Crippen LogP contribution < -0.4 is 0 Å². The van der Waals surface area contributed by atoms with E-state index in [-0.39, 0.29) is 55.1 Å². The van der Waals surface area contributed by atoms with Crippen LogP contribution in [-0.2, 0) is 77.9 Å². The largest absolute Gasteiger partial charge is 0.460 e. The number of Topliss-reactive ketones (excluding diaryl/α,β-unsaturated/α-hetero) is 1. The molecule has 0 spiro atoms. The Morgan fingerprint density at radius 1 is 0.493 bits per heavy atom. The highest BCUT2D eigenvalue weighted by Crippen LogP contribution is 2.23. The number of carbonyl (C=O) groups is 3. The summed E-state index contributed by atoms with van der Waals surface area (Å²) in [6, 6.07) is 20.8. The summed E-state index contributed by atoms with van der Waals surface area (Å²) in [6.45, 7) is 18.7. The fraction of sp³-hybridized carbons (Fsp3) is 0.625. The highest BCUT2D eigenvalue weighted by atomic mass is 32.2. The Morgan fingerprint density at radius 3 is 1.27 bits per heavy atom. The van der Waals surface area contributed by atoms with Gasteiger partial charge in [0.15, 0.2) is 15.6 Å². The number of nitrogens with zero attached hydrogens (tertiary/aromatic N) is 1. The molecule has 0 aliphatic carbocycles. The van der Waals surface area contributed by atoms with E-state index in [1.165, 1.54) is 4.90 Å². The summed E-state index contributed by atoms with van der Waals surface area (Å²) in [5.41, 5.74) is 2.95. The van der Waals surface area contributed by atoms with Gasteiger partial charge in [-0.2, -0.15) is 0 Å². The molecule has 19 heteroatoms. The summed E-state index contributed by atoms with van der Waals surface area (Å²) in [5, 5.41) is 0. The van der Waals surface area contributed by atoms with Gasteiger partial charge in [0, 0.05) is 37.2 Å². The molecule has 0 bridgehead atoms. The summed E-state index contributed by atoms with van der Waals surface area (Å²) in [6.07, 6.45) is 0.804. The van der Waals surface area contributed by atoms with E-state index in [2.05, 4.69) is 0 Å². The van der Waals surface area contributed by atoms with Crippen LogP contribution in [0.2, 0.25) is 0 Å². The first kappa shape index (κ1) is 65.1. The maximum atomic E-state index is 14.1. The molecule has 0 aromatic heterocycles. The number of methoxy groups -OCH3 is 1. The summed E-state index contributed by atoms with van der Waals surface area (Å²) >= 11 is 0. The number of aryl methyl sites for hydroxylation is 3. The van der Waals surface area contributed by atoms with Crippen LogP contribution in [0.15, 0.2) is 77.7 Å². The molecule has 1 atom stereocenters. The summed E-state index contributed by atoms with van der Waals surface area (Å²) in [5.74, 6) is -2.31. The van der Waals surface area contributed by atoms with Crippen molar-refractivity contribution in [1.82, 2.24) is 4.90 Å². The summed E-state index contributed by atoms with van der Waals surface area (Å²) in [7, 11) is -2.16. The number of hydrogen-bond acceptors (Lipinski definition) is 17. The number of esters is 1. The Bertz CT molecular complexity index is 2080. The molecule has 0 aliphatic rings. The highest BCUT2D eigenvalue weighted by Gasteiger charge is 2.28. The van der Waals surface area contributed by atoms with Gasteiger partial charge in [0.25, 0.3) is 5.91 Å². The average molecular weight is 1080 g/mol. The van der Waals surface area contributed by atoms with E-state index >= 15 is 0 Å². The molecule has 0 heterocycles. The number of hydrogen-bond donors (Lipinski definition) is 0. The van der Waals surface area contributed by atoms with E-state index < -0.39 is 27.3 Å². The van der Waals surface area contributed by atoms with Crippen LogP contribution in [0.4, 0.5) is 0 Å². The molecule has 1 unspecified atom stereocenters. The Kier molecular flexibility index (Phi) is 34.0. The Morgan fingerprint density at radius 2 is 0.867 bits per heavy atom. The lowest BCUT2D eigenvalue weighted by atomic mass is 9.92. The molecule has 0 aliphatic heterocycles. The van der Waals surface area contributed by atoms with E-state index in [1.54, 1.807) is 76.4 Å². The molecule has 422 valence electrons. The van der Waals surface area contributed by atoms with Crippen LogP contribution in [0, 0.1) is 19.8 Å². The third-order valence-corrected chi connectivity index (χ3v) is 12.9. The Balaban J connectivity index is 1.30. The lowest BCUT2D eigenvalue weighted by Gasteiger charge is -2.24. The minimum atomic E-state index is -3.79. The lowest BCUT2D eigenvalue weighted by molar-refractivity contribution is -0.155. The minimum absolute atomic E-state index is 0.0310. The second-order valence-corrected chi connectivity index (χ2v) is 20.5. The van der Waals surface area contributed by atoms with Gasteiger partial charge >= 0.3 is 5.97 Å². The smallest absolute Gasteiger partial charge is 0.308 e. The molecule has 18 nitrogen and oxygen atoms in total. The van der Waals surface area contributed by atoms with E-state index in [0.29, 0.717) is 149 Å². The van der Waals surface area contributed by atoms with Crippen molar-refractivity contribution in [2.45, 2.75) is 64.4 Å². The molecule has 75 heavy (non-hydrogen) atoms. The molecule has 3 rings (SSSR count). The highest BCUT2D eigenvalue weighted by molar-refractivity contribution is 7.91. The molecular weight excluding hydrogens is 991 g/mol. The van der Waals surface area contributed by atoms with Crippen molar-refractivity contribution < 1.29 is 79.6 Å². The van der Waals surface area contributed by atoms with Crippen molar-refractivity contribution >= 4 is 27.5 Å². The first-order valence-electron chi connectivity index (χ1n) is 25.9. The van der Waals surface area contributed by atoms with Gasteiger partial charge in [-0.15, -0.1) is 0 Å². The zero-order valence-electron chi connectivity index (χ0n) is 45.4. The molecule has 3 aromatic rings. The Hall–Kier alpha value is -4.22. The maximum absolute atomic E-state index is 14.1. The van der Waals surface area contributed by atoms with Crippen LogP contribution in [0.5, 0.6) is 0 Å². The van der Waals surface area contributed by atoms with E-state index in [0.717, 1.165) is 16.7 Å². The Labute approximate surface area is 446 Å². The second-order valence-electron chi connectivity index (χ2n) is 18.5. The number of carbonyl (C=O) groups excluding carboxylic acids is 3. The van der Waals surface area contributed by atoms with Crippen LogP contribution in [-0.4, -0.2) is 201 Å². The summed E-state index contributed by atoms with van der Waals surface area (Å²) in [4.78, 5) is 42.3. The number of ketones is 1. The monoisotopic (exact) mass is 1080 g/mol. The predicted molar refractivity (Wildman–Crippen MR) is 283 cm³/mol. The summed E-state index contributed by atoms with van der Waals surface area (Å²) < 4.78 is 92.9. The van der Waals surface area contributed by atoms with E-state index in [4.69, 9.17) is 56.8 Å². The minimum Gasteiger partial charge on any atom is -0.460 e. The van der Waals surface area contributed by atoms with Gasteiger partial charge in [-0.05, 0) is 77.3 Å². The fourth-order valence-electron chi connectivity index (χ4n) is 7.02. The van der Waals surface area contributed by atoms with Crippen LogP contribution in [0.1, 0.15) is 71.0 Å². The van der Waals surface area contributed by atoms with E-state index in [9.17, 15) is 22.8 Å². The quantitative estimate of drug-likeness (QED) is 0.0352. The molecule has 0 radical (unpaired) electrons. The van der Waals surface area contributed by atoms with E-state index in [1.807, 2.05) is 38.1 Å². The fourth-order valence-corrected chi connectivity index (χ4v) is 8.61. The number of amides is 1.